The Balaban J connectivity index is 1.87. The summed E-state index contributed by atoms with van der Waals surface area (Å²) in [6.07, 6.45) is 1.60. The van der Waals surface area contributed by atoms with E-state index < -0.39 is 0 Å². The minimum Gasteiger partial charge on any atom is -0.345 e. The third-order valence-electron chi connectivity index (χ3n) is 2.43. The summed E-state index contributed by atoms with van der Waals surface area (Å²) in [5.74, 6) is -0.206. The normalized spacial score (nSPS) is 10.7. The van der Waals surface area contributed by atoms with E-state index in [1.807, 2.05) is 6.92 Å². The predicted octanol–water partition coefficient (Wildman–Crippen LogP) is 1.98. The number of nitrogens with one attached hydrogen (secondary N) is 2. The van der Waals surface area contributed by atoms with Gasteiger partial charge >= 0.3 is 0 Å². The van der Waals surface area contributed by atoms with Gasteiger partial charge < -0.3 is 4.98 Å². The Kier molecular flexibility index (Phi) is 2.52. The summed E-state index contributed by atoms with van der Waals surface area (Å²) in [6, 6.07) is 5.28. The summed E-state index contributed by atoms with van der Waals surface area (Å²) in [5.41, 5.74) is 2.22. The Morgan fingerprint density at radius 1 is 1.39 bits per heavy atom. The third kappa shape index (κ3) is 1.95. The number of carbonyl (C=O) groups is 1. The maximum Gasteiger partial charge on any atom is 0.257 e. The molecule has 0 aliphatic rings. The number of aromatic nitrogens is 4. The van der Waals surface area contributed by atoms with E-state index in [-0.39, 0.29) is 5.91 Å². The van der Waals surface area contributed by atoms with Crippen LogP contribution in [0.15, 0.2) is 24.5 Å². The number of H-pyrrole nitrogens is 1. The van der Waals surface area contributed by atoms with Crippen LogP contribution in [0.2, 0.25) is 0 Å². The van der Waals surface area contributed by atoms with Crippen LogP contribution >= 0.6 is 11.3 Å². The number of amides is 1. The Hall–Kier alpha value is -2.28. The number of hydrogen-bond acceptors (Lipinski definition) is 5. The zero-order valence-corrected chi connectivity index (χ0v) is 10.3. The number of hydrogen-bond donors (Lipinski definition) is 2. The standard InChI is InChI=1S/C11H9N5OS/c1-6-15-16-11(18-6)14-10(17)7-2-3-8-9(4-7)13-5-12-8/h2-5H,1H3,(H,12,13)(H,14,16,17). The fourth-order valence-electron chi connectivity index (χ4n) is 1.59. The second-order valence-electron chi connectivity index (χ2n) is 3.71. The lowest BCUT2D eigenvalue weighted by Gasteiger charge is -2.00. The molecule has 1 aromatic carbocycles. The first-order valence-electron chi connectivity index (χ1n) is 5.27. The van der Waals surface area contributed by atoms with Gasteiger partial charge in [-0.15, -0.1) is 10.2 Å². The molecule has 3 aromatic rings. The van der Waals surface area contributed by atoms with E-state index in [1.165, 1.54) is 11.3 Å². The molecule has 0 atom stereocenters. The molecular weight excluding hydrogens is 250 g/mol. The van der Waals surface area contributed by atoms with E-state index in [0.29, 0.717) is 10.7 Å². The Morgan fingerprint density at radius 3 is 3.06 bits per heavy atom. The second-order valence-corrected chi connectivity index (χ2v) is 4.90. The number of fused-ring (bicyclic) bond motifs is 1. The molecule has 3 rings (SSSR count). The molecule has 0 saturated heterocycles. The number of carbonyl (C=O) groups excluding carboxylic acids is 1. The number of imidazole rings is 1. The molecule has 0 aliphatic heterocycles. The molecule has 6 nitrogen and oxygen atoms in total. The Labute approximate surface area is 106 Å². The Bertz CT molecular complexity index is 717. The molecule has 2 heterocycles. The van der Waals surface area contributed by atoms with Gasteiger partial charge in [-0.05, 0) is 25.1 Å². The number of anilines is 1. The summed E-state index contributed by atoms with van der Waals surface area (Å²) in [4.78, 5) is 19.0. The monoisotopic (exact) mass is 259 g/mol. The molecule has 2 N–H and O–H groups in total. The largest absolute Gasteiger partial charge is 0.345 e. The summed E-state index contributed by atoms with van der Waals surface area (Å²) >= 11 is 1.34. The van der Waals surface area contributed by atoms with E-state index in [2.05, 4.69) is 25.5 Å². The van der Waals surface area contributed by atoms with Crippen molar-refractivity contribution in [1.82, 2.24) is 20.2 Å². The minimum atomic E-state index is -0.206. The zero-order valence-electron chi connectivity index (χ0n) is 9.47. The van der Waals surface area contributed by atoms with Gasteiger partial charge in [0.1, 0.15) is 5.01 Å². The quantitative estimate of drug-likeness (QED) is 0.737. The van der Waals surface area contributed by atoms with Crippen molar-refractivity contribution in [1.29, 1.82) is 0 Å². The van der Waals surface area contributed by atoms with Crippen LogP contribution in [0, 0.1) is 6.92 Å². The summed E-state index contributed by atoms with van der Waals surface area (Å²) in [7, 11) is 0. The van der Waals surface area contributed by atoms with Crippen LogP contribution in [-0.2, 0) is 0 Å². The lowest BCUT2D eigenvalue weighted by Crippen LogP contribution is -2.11. The van der Waals surface area contributed by atoms with Crippen molar-refractivity contribution in [3.8, 4) is 0 Å². The molecule has 0 unspecified atom stereocenters. The fourth-order valence-corrected chi connectivity index (χ4v) is 2.18. The lowest BCUT2D eigenvalue weighted by molar-refractivity contribution is 0.102. The third-order valence-corrected chi connectivity index (χ3v) is 3.18. The molecule has 0 radical (unpaired) electrons. The predicted molar refractivity (Wildman–Crippen MR) is 68.7 cm³/mol. The molecule has 0 spiro atoms. The van der Waals surface area contributed by atoms with Crippen molar-refractivity contribution in [2.75, 3.05) is 5.32 Å². The van der Waals surface area contributed by atoms with E-state index in [9.17, 15) is 4.79 Å². The van der Waals surface area contributed by atoms with Crippen LogP contribution in [-0.4, -0.2) is 26.1 Å². The summed E-state index contributed by atoms with van der Waals surface area (Å²) < 4.78 is 0. The van der Waals surface area contributed by atoms with Crippen molar-refractivity contribution in [3.63, 3.8) is 0 Å². The van der Waals surface area contributed by atoms with E-state index in [1.54, 1.807) is 24.5 Å². The van der Waals surface area contributed by atoms with E-state index in [4.69, 9.17) is 0 Å². The average Bonchev–Trinajstić information content (AvgIpc) is 2.96. The number of nitrogens with zero attached hydrogens (tertiary/aromatic N) is 3. The molecule has 18 heavy (non-hydrogen) atoms. The highest BCUT2D eigenvalue weighted by Crippen LogP contribution is 2.16. The molecule has 0 saturated carbocycles. The molecule has 0 aliphatic carbocycles. The summed E-state index contributed by atoms with van der Waals surface area (Å²) in [5, 5.41) is 11.7. The van der Waals surface area contributed by atoms with Crippen LogP contribution in [0.4, 0.5) is 5.13 Å². The van der Waals surface area contributed by atoms with Gasteiger partial charge in [-0.2, -0.15) is 0 Å². The molecule has 0 bridgehead atoms. The first kappa shape index (κ1) is 10.8. The van der Waals surface area contributed by atoms with Crippen molar-refractivity contribution in [2.45, 2.75) is 6.92 Å². The topological polar surface area (TPSA) is 83.6 Å². The van der Waals surface area contributed by atoms with Gasteiger partial charge in [0.15, 0.2) is 0 Å². The van der Waals surface area contributed by atoms with Crippen LogP contribution in [0.5, 0.6) is 0 Å². The van der Waals surface area contributed by atoms with Gasteiger partial charge in [-0.1, -0.05) is 11.3 Å². The van der Waals surface area contributed by atoms with E-state index in [0.717, 1.165) is 16.0 Å². The number of benzene rings is 1. The highest BCUT2D eigenvalue weighted by molar-refractivity contribution is 7.15. The lowest BCUT2D eigenvalue weighted by atomic mass is 10.2. The van der Waals surface area contributed by atoms with Crippen LogP contribution < -0.4 is 5.32 Å². The second kappa shape index (κ2) is 4.19. The van der Waals surface area contributed by atoms with E-state index >= 15 is 0 Å². The van der Waals surface area contributed by atoms with Gasteiger partial charge in [0, 0.05) is 5.56 Å². The molecule has 1 amide bonds. The summed E-state index contributed by atoms with van der Waals surface area (Å²) in [6.45, 7) is 1.84. The fraction of sp³-hybridized carbons (Fsp3) is 0.0909. The Morgan fingerprint density at radius 2 is 2.28 bits per heavy atom. The first-order chi connectivity index (χ1) is 8.72. The SMILES string of the molecule is Cc1nnc(NC(=O)c2ccc3nc[nH]c3c2)s1. The molecule has 0 fully saturated rings. The van der Waals surface area contributed by atoms with Crippen molar-refractivity contribution >= 4 is 33.4 Å². The van der Waals surface area contributed by atoms with Gasteiger partial charge in [-0.25, -0.2) is 4.98 Å². The van der Waals surface area contributed by atoms with Crippen LogP contribution in [0.3, 0.4) is 0 Å². The highest BCUT2D eigenvalue weighted by atomic mass is 32.1. The first-order valence-corrected chi connectivity index (χ1v) is 6.08. The van der Waals surface area contributed by atoms with Gasteiger partial charge in [0.25, 0.3) is 5.91 Å². The highest BCUT2D eigenvalue weighted by Gasteiger charge is 2.10. The zero-order chi connectivity index (χ0) is 12.5. The van der Waals surface area contributed by atoms with Gasteiger partial charge in [-0.3, -0.25) is 10.1 Å². The van der Waals surface area contributed by atoms with Gasteiger partial charge in [0.05, 0.1) is 17.4 Å². The van der Waals surface area contributed by atoms with Gasteiger partial charge in [0.2, 0.25) is 5.13 Å². The maximum absolute atomic E-state index is 12.0. The number of aromatic amines is 1. The van der Waals surface area contributed by atoms with Crippen LogP contribution in [0.1, 0.15) is 15.4 Å². The average molecular weight is 259 g/mol. The van der Waals surface area contributed by atoms with Crippen molar-refractivity contribution < 1.29 is 4.79 Å². The van der Waals surface area contributed by atoms with Crippen LogP contribution in [0.25, 0.3) is 11.0 Å². The number of rotatable bonds is 2. The smallest absolute Gasteiger partial charge is 0.257 e. The molecule has 90 valence electrons. The maximum atomic E-state index is 12.0. The number of aryl methyl sites for hydroxylation is 1. The van der Waals surface area contributed by atoms with Crippen molar-refractivity contribution in [2.24, 2.45) is 0 Å². The van der Waals surface area contributed by atoms with Crippen molar-refractivity contribution in [3.05, 3.63) is 35.1 Å². The molecular formula is C11H9N5OS. The molecule has 7 heteroatoms. The minimum absolute atomic E-state index is 0.206. The molecule has 2 aromatic heterocycles.